The Hall–Kier alpha value is -0.810. The van der Waals surface area contributed by atoms with Gasteiger partial charge >= 0.3 is 6.03 Å². The topological polar surface area (TPSA) is 67.6 Å². The van der Waals surface area contributed by atoms with Crippen LogP contribution >= 0.6 is 0 Å². The van der Waals surface area contributed by atoms with Crippen molar-refractivity contribution < 1.29 is 9.53 Å². The average Bonchev–Trinajstić information content (AvgIpc) is 2.17. The molecule has 0 radical (unpaired) electrons. The van der Waals surface area contributed by atoms with E-state index in [1.165, 1.54) is 0 Å². The molecule has 1 atom stereocenters. The first-order valence-electron chi connectivity index (χ1n) is 4.86. The molecule has 0 fully saturated rings. The van der Waals surface area contributed by atoms with Gasteiger partial charge in [0, 0.05) is 20.7 Å². The molecule has 0 aromatic rings. The van der Waals surface area contributed by atoms with Crippen LogP contribution in [-0.4, -0.2) is 50.8 Å². The van der Waals surface area contributed by atoms with Gasteiger partial charge < -0.3 is 20.7 Å². The van der Waals surface area contributed by atoms with Gasteiger partial charge in [0.05, 0.1) is 12.6 Å². The lowest BCUT2D eigenvalue weighted by Gasteiger charge is -2.21. The molecule has 5 heteroatoms. The van der Waals surface area contributed by atoms with Gasteiger partial charge in [-0.05, 0) is 19.9 Å². The molecule has 0 aliphatic rings. The fourth-order valence-corrected chi connectivity index (χ4v) is 1.03. The summed E-state index contributed by atoms with van der Waals surface area (Å²) in [6.45, 7) is 3.66. The number of amides is 2. The number of carbonyl (C=O) groups excluding carboxylic acids is 1. The summed E-state index contributed by atoms with van der Waals surface area (Å²) >= 11 is 0. The van der Waals surface area contributed by atoms with Crippen LogP contribution in [0.1, 0.15) is 13.3 Å². The lowest BCUT2D eigenvalue weighted by Crippen LogP contribution is -2.45. The van der Waals surface area contributed by atoms with Gasteiger partial charge in [0.15, 0.2) is 0 Å². The normalized spacial score (nSPS) is 12.3. The molecule has 14 heavy (non-hydrogen) atoms. The van der Waals surface area contributed by atoms with Crippen molar-refractivity contribution in [1.29, 1.82) is 0 Å². The van der Waals surface area contributed by atoms with Gasteiger partial charge in [0.2, 0.25) is 0 Å². The molecule has 0 aromatic carbocycles. The molecule has 2 amide bonds. The Bertz CT molecular complexity index is 158. The zero-order chi connectivity index (χ0) is 11.0. The molecule has 3 N–H and O–H groups in total. The van der Waals surface area contributed by atoms with Crippen LogP contribution in [0.3, 0.4) is 0 Å². The number of nitrogens with one attached hydrogen (secondary N) is 1. The van der Waals surface area contributed by atoms with Gasteiger partial charge in [0.1, 0.15) is 0 Å². The van der Waals surface area contributed by atoms with E-state index < -0.39 is 0 Å². The van der Waals surface area contributed by atoms with Crippen molar-refractivity contribution in [1.82, 2.24) is 10.2 Å². The molecule has 0 bridgehead atoms. The van der Waals surface area contributed by atoms with Gasteiger partial charge in [-0.25, -0.2) is 4.79 Å². The van der Waals surface area contributed by atoms with E-state index in [0.717, 1.165) is 6.42 Å². The minimum absolute atomic E-state index is 0.00602. The van der Waals surface area contributed by atoms with E-state index in [4.69, 9.17) is 10.5 Å². The molecule has 0 rings (SSSR count). The van der Waals surface area contributed by atoms with Gasteiger partial charge in [-0.1, -0.05) is 0 Å². The number of ether oxygens (including phenoxy) is 1. The van der Waals surface area contributed by atoms with Crippen LogP contribution in [0.25, 0.3) is 0 Å². The highest BCUT2D eigenvalue weighted by molar-refractivity contribution is 5.74. The molecule has 0 aliphatic heterocycles. The summed E-state index contributed by atoms with van der Waals surface area (Å²) in [6, 6.07) is -0.0745. The second-order valence-electron chi connectivity index (χ2n) is 3.19. The third kappa shape index (κ3) is 5.04. The summed E-state index contributed by atoms with van der Waals surface area (Å²) in [6.07, 6.45) is 0.733. The smallest absolute Gasteiger partial charge is 0.317 e. The van der Waals surface area contributed by atoms with E-state index in [2.05, 4.69) is 5.32 Å². The number of carbonyl (C=O) groups is 1. The van der Waals surface area contributed by atoms with Crippen LogP contribution in [0.2, 0.25) is 0 Å². The second kappa shape index (κ2) is 7.58. The number of urea groups is 1. The van der Waals surface area contributed by atoms with Crippen LogP contribution < -0.4 is 11.1 Å². The Morgan fingerprint density at radius 2 is 2.29 bits per heavy atom. The van der Waals surface area contributed by atoms with Gasteiger partial charge in [0.25, 0.3) is 0 Å². The third-order valence-corrected chi connectivity index (χ3v) is 2.03. The summed E-state index contributed by atoms with van der Waals surface area (Å²) in [4.78, 5) is 13.1. The second-order valence-corrected chi connectivity index (χ2v) is 3.19. The van der Waals surface area contributed by atoms with Crippen molar-refractivity contribution in [3.05, 3.63) is 0 Å². The van der Waals surface area contributed by atoms with E-state index >= 15 is 0 Å². The van der Waals surface area contributed by atoms with Crippen molar-refractivity contribution in [2.75, 3.05) is 33.9 Å². The predicted octanol–water partition coefficient (Wildman–Crippen LogP) is 0.0115. The Balaban J connectivity index is 3.94. The minimum atomic E-state index is -0.0806. The summed E-state index contributed by atoms with van der Waals surface area (Å²) < 4.78 is 4.98. The Kier molecular flexibility index (Phi) is 7.14. The van der Waals surface area contributed by atoms with E-state index in [9.17, 15) is 4.79 Å². The van der Waals surface area contributed by atoms with Crippen LogP contribution in [0, 0.1) is 0 Å². The number of hydrogen-bond acceptors (Lipinski definition) is 3. The van der Waals surface area contributed by atoms with Crippen molar-refractivity contribution >= 4 is 6.03 Å². The van der Waals surface area contributed by atoms with Crippen LogP contribution in [0.5, 0.6) is 0 Å². The Morgan fingerprint density at radius 3 is 2.71 bits per heavy atom. The molecule has 0 saturated carbocycles. The Labute approximate surface area is 85.6 Å². The molecule has 0 spiro atoms. The lowest BCUT2D eigenvalue weighted by atomic mass is 10.2. The predicted molar refractivity (Wildman–Crippen MR) is 56.2 cm³/mol. The highest BCUT2D eigenvalue weighted by Crippen LogP contribution is 1.93. The average molecular weight is 203 g/mol. The first-order valence-corrected chi connectivity index (χ1v) is 4.86. The summed E-state index contributed by atoms with van der Waals surface area (Å²) in [7, 11) is 3.36. The first kappa shape index (κ1) is 13.2. The number of rotatable bonds is 6. The highest BCUT2D eigenvalue weighted by atomic mass is 16.5. The van der Waals surface area contributed by atoms with E-state index in [-0.39, 0.29) is 12.1 Å². The number of nitrogens with two attached hydrogens (primary N) is 1. The van der Waals surface area contributed by atoms with Crippen LogP contribution in [-0.2, 0) is 4.74 Å². The SMILES string of the molecule is CCN(C)C(=O)NC(CCN)COC. The molecule has 5 nitrogen and oxygen atoms in total. The molecule has 1 unspecified atom stereocenters. The maximum absolute atomic E-state index is 11.5. The minimum Gasteiger partial charge on any atom is -0.383 e. The maximum Gasteiger partial charge on any atom is 0.317 e. The van der Waals surface area contributed by atoms with Crippen molar-refractivity contribution in [2.45, 2.75) is 19.4 Å². The molecule has 0 aromatic heterocycles. The Morgan fingerprint density at radius 1 is 1.64 bits per heavy atom. The van der Waals surface area contributed by atoms with Gasteiger partial charge in [-0.15, -0.1) is 0 Å². The van der Waals surface area contributed by atoms with Gasteiger partial charge in [-0.3, -0.25) is 0 Å². The maximum atomic E-state index is 11.5. The zero-order valence-corrected chi connectivity index (χ0v) is 9.25. The van der Waals surface area contributed by atoms with E-state index in [1.54, 1.807) is 19.1 Å². The highest BCUT2D eigenvalue weighted by Gasteiger charge is 2.13. The van der Waals surface area contributed by atoms with Gasteiger partial charge in [-0.2, -0.15) is 0 Å². The van der Waals surface area contributed by atoms with E-state index in [0.29, 0.717) is 19.7 Å². The van der Waals surface area contributed by atoms with E-state index in [1.807, 2.05) is 6.92 Å². The molecular formula is C9H21N3O2. The third-order valence-electron chi connectivity index (χ3n) is 2.03. The number of methoxy groups -OCH3 is 1. The lowest BCUT2D eigenvalue weighted by molar-refractivity contribution is 0.156. The summed E-state index contributed by atoms with van der Waals surface area (Å²) in [5, 5.41) is 2.85. The van der Waals surface area contributed by atoms with Crippen molar-refractivity contribution in [3.63, 3.8) is 0 Å². The molecule has 0 aliphatic carbocycles. The van der Waals surface area contributed by atoms with Crippen LogP contribution in [0.4, 0.5) is 4.79 Å². The van der Waals surface area contributed by atoms with Crippen LogP contribution in [0.15, 0.2) is 0 Å². The number of hydrogen-bond donors (Lipinski definition) is 2. The zero-order valence-electron chi connectivity index (χ0n) is 9.25. The molecule has 0 heterocycles. The molecular weight excluding hydrogens is 182 g/mol. The van der Waals surface area contributed by atoms with Crippen molar-refractivity contribution in [2.24, 2.45) is 5.73 Å². The fraction of sp³-hybridized carbons (Fsp3) is 0.889. The van der Waals surface area contributed by atoms with Crippen molar-refractivity contribution in [3.8, 4) is 0 Å². The summed E-state index contributed by atoms with van der Waals surface area (Å²) in [5.41, 5.74) is 5.42. The molecule has 84 valence electrons. The largest absolute Gasteiger partial charge is 0.383 e. The molecule has 0 saturated heterocycles. The fourth-order valence-electron chi connectivity index (χ4n) is 1.03. The standard InChI is InChI=1S/C9H21N3O2/c1-4-12(2)9(13)11-8(5-6-10)7-14-3/h8H,4-7,10H2,1-3H3,(H,11,13). The summed E-state index contributed by atoms with van der Waals surface area (Å²) in [5.74, 6) is 0. The quantitative estimate of drug-likeness (QED) is 0.639. The monoisotopic (exact) mass is 203 g/mol. The number of nitrogens with zero attached hydrogens (tertiary/aromatic N) is 1. The first-order chi connectivity index (χ1) is 6.65.